The van der Waals surface area contributed by atoms with Gasteiger partial charge >= 0.3 is 0 Å². The zero-order chi connectivity index (χ0) is 11.5. The Morgan fingerprint density at radius 3 is 2.94 bits per heavy atom. The van der Waals surface area contributed by atoms with E-state index in [-0.39, 0.29) is 6.61 Å². The van der Waals surface area contributed by atoms with E-state index in [1.54, 1.807) is 10.9 Å². The summed E-state index contributed by atoms with van der Waals surface area (Å²) in [6.07, 6.45) is 3.20. The Balaban J connectivity index is 2.34. The summed E-state index contributed by atoms with van der Waals surface area (Å²) in [7, 11) is 1.86. The molecule has 2 rings (SSSR count). The molecule has 2 aromatic heterocycles. The molecule has 84 valence electrons. The molecule has 0 unspecified atom stereocenters. The molecule has 6 heteroatoms. The van der Waals surface area contributed by atoms with Gasteiger partial charge in [-0.15, -0.1) is 0 Å². The molecule has 2 heterocycles. The highest BCUT2D eigenvalue weighted by atomic mass is 32.2. The van der Waals surface area contributed by atoms with Crippen molar-refractivity contribution < 1.29 is 5.11 Å². The molecule has 0 fully saturated rings. The lowest BCUT2D eigenvalue weighted by Crippen LogP contribution is -1.94. The summed E-state index contributed by atoms with van der Waals surface area (Å²) in [5.74, 6) is 0. The lowest BCUT2D eigenvalue weighted by atomic mass is 10.3. The van der Waals surface area contributed by atoms with Gasteiger partial charge in [-0.25, -0.2) is 9.97 Å². The van der Waals surface area contributed by atoms with E-state index in [1.165, 1.54) is 18.1 Å². The topological polar surface area (TPSA) is 63.8 Å². The van der Waals surface area contributed by atoms with Gasteiger partial charge in [0.15, 0.2) is 0 Å². The van der Waals surface area contributed by atoms with Gasteiger partial charge in [-0.05, 0) is 24.8 Å². The van der Waals surface area contributed by atoms with E-state index in [4.69, 9.17) is 0 Å². The van der Waals surface area contributed by atoms with Gasteiger partial charge in [-0.3, -0.25) is 4.68 Å². The molecule has 0 saturated carbocycles. The van der Waals surface area contributed by atoms with Gasteiger partial charge in [0.05, 0.1) is 12.3 Å². The van der Waals surface area contributed by atoms with Crippen molar-refractivity contribution in [3.8, 4) is 0 Å². The molecule has 0 radical (unpaired) electrons. The molecule has 16 heavy (non-hydrogen) atoms. The van der Waals surface area contributed by atoms with Crippen molar-refractivity contribution in [3.05, 3.63) is 29.8 Å². The molecule has 0 aliphatic carbocycles. The van der Waals surface area contributed by atoms with Crippen molar-refractivity contribution in [3.63, 3.8) is 0 Å². The minimum Gasteiger partial charge on any atom is -0.392 e. The maximum Gasteiger partial charge on any atom is 0.116 e. The Hall–Kier alpha value is -1.40. The van der Waals surface area contributed by atoms with Gasteiger partial charge < -0.3 is 5.11 Å². The van der Waals surface area contributed by atoms with E-state index in [0.717, 1.165) is 21.3 Å². The third kappa shape index (κ3) is 2.07. The largest absolute Gasteiger partial charge is 0.392 e. The summed E-state index contributed by atoms with van der Waals surface area (Å²) in [5.41, 5.74) is 1.70. The van der Waals surface area contributed by atoms with Gasteiger partial charge in [0.25, 0.3) is 0 Å². The zero-order valence-corrected chi connectivity index (χ0v) is 9.90. The Bertz CT molecular complexity index is 483. The maximum atomic E-state index is 9.29. The molecular weight excluding hydrogens is 224 g/mol. The van der Waals surface area contributed by atoms with Gasteiger partial charge in [0.2, 0.25) is 0 Å². The van der Waals surface area contributed by atoms with Crippen LogP contribution in [0.25, 0.3) is 0 Å². The van der Waals surface area contributed by atoms with Crippen LogP contribution in [0.5, 0.6) is 0 Å². The summed E-state index contributed by atoms with van der Waals surface area (Å²) in [5, 5.41) is 15.3. The fourth-order valence-corrected chi connectivity index (χ4v) is 2.36. The number of rotatable bonds is 3. The van der Waals surface area contributed by atoms with Crippen LogP contribution in [0.2, 0.25) is 0 Å². The van der Waals surface area contributed by atoms with Crippen LogP contribution in [0.4, 0.5) is 0 Å². The number of hydrogen-bond acceptors (Lipinski definition) is 5. The van der Waals surface area contributed by atoms with Crippen LogP contribution in [0.1, 0.15) is 11.3 Å². The SMILES string of the molecule is Cc1nn(C)c(Sc2ccncn2)c1CO. The lowest BCUT2D eigenvalue weighted by molar-refractivity contribution is 0.277. The summed E-state index contributed by atoms with van der Waals surface area (Å²) >= 11 is 1.48. The normalized spacial score (nSPS) is 10.7. The third-order valence-corrected chi connectivity index (χ3v) is 3.36. The molecule has 0 aliphatic heterocycles. The van der Waals surface area contributed by atoms with Crippen molar-refractivity contribution in [2.24, 2.45) is 7.05 Å². The van der Waals surface area contributed by atoms with Crippen LogP contribution in [0, 0.1) is 6.92 Å². The number of nitrogens with zero attached hydrogens (tertiary/aromatic N) is 4. The number of aliphatic hydroxyl groups is 1. The van der Waals surface area contributed by atoms with Gasteiger partial charge in [0, 0.05) is 18.8 Å². The van der Waals surface area contributed by atoms with Gasteiger partial charge in [0.1, 0.15) is 16.4 Å². The average molecular weight is 236 g/mol. The Labute approximate surface area is 97.5 Å². The predicted octanol–water partition coefficient (Wildman–Crippen LogP) is 1.16. The zero-order valence-electron chi connectivity index (χ0n) is 9.08. The van der Waals surface area contributed by atoms with Crippen LogP contribution < -0.4 is 0 Å². The second kappa shape index (κ2) is 4.63. The molecule has 1 N–H and O–H groups in total. The van der Waals surface area contributed by atoms with E-state index in [0.29, 0.717) is 0 Å². The van der Waals surface area contributed by atoms with E-state index < -0.39 is 0 Å². The first-order valence-corrected chi connectivity index (χ1v) is 5.61. The summed E-state index contributed by atoms with van der Waals surface area (Å²) in [6, 6.07) is 1.83. The van der Waals surface area contributed by atoms with Crippen LogP contribution >= 0.6 is 11.8 Å². The molecule has 0 bridgehead atoms. The molecule has 5 nitrogen and oxygen atoms in total. The smallest absolute Gasteiger partial charge is 0.116 e. The Morgan fingerprint density at radius 1 is 1.50 bits per heavy atom. The monoisotopic (exact) mass is 236 g/mol. The fraction of sp³-hybridized carbons (Fsp3) is 0.300. The average Bonchev–Trinajstić information content (AvgIpc) is 2.55. The summed E-state index contributed by atoms with van der Waals surface area (Å²) in [4.78, 5) is 7.99. The highest BCUT2D eigenvalue weighted by Crippen LogP contribution is 2.29. The van der Waals surface area contributed by atoms with Crippen LogP contribution in [-0.4, -0.2) is 24.9 Å². The maximum absolute atomic E-state index is 9.29. The first-order chi connectivity index (χ1) is 7.72. The van der Waals surface area contributed by atoms with Crippen LogP contribution in [0.15, 0.2) is 28.6 Å². The minimum absolute atomic E-state index is 0.00685. The van der Waals surface area contributed by atoms with Crippen molar-refractivity contribution in [1.82, 2.24) is 19.7 Å². The first kappa shape index (κ1) is 11.1. The molecule has 0 spiro atoms. The number of hydrogen-bond donors (Lipinski definition) is 1. The third-order valence-electron chi connectivity index (χ3n) is 2.20. The fourth-order valence-electron chi connectivity index (χ4n) is 1.43. The van der Waals surface area contributed by atoms with E-state index in [2.05, 4.69) is 15.1 Å². The van der Waals surface area contributed by atoms with E-state index in [1.807, 2.05) is 20.0 Å². The first-order valence-electron chi connectivity index (χ1n) is 4.79. The molecule has 0 saturated heterocycles. The highest BCUT2D eigenvalue weighted by Gasteiger charge is 2.13. The molecule has 0 amide bonds. The molecule has 0 atom stereocenters. The van der Waals surface area contributed by atoms with Crippen LogP contribution in [0.3, 0.4) is 0 Å². The van der Waals surface area contributed by atoms with E-state index in [9.17, 15) is 5.11 Å². The van der Waals surface area contributed by atoms with Gasteiger partial charge in [-0.2, -0.15) is 5.10 Å². The van der Waals surface area contributed by atoms with Crippen LogP contribution in [-0.2, 0) is 13.7 Å². The minimum atomic E-state index is -0.00685. The summed E-state index contributed by atoms with van der Waals surface area (Å²) < 4.78 is 1.76. The quantitative estimate of drug-likeness (QED) is 0.810. The van der Waals surface area contributed by atoms with Crippen molar-refractivity contribution in [1.29, 1.82) is 0 Å². The standard InChI is InChI=1S/C10H12N4OS/c1-7-8(5-15)10(14(2)13-7)16-9-3-4-11-6-12-9/h3-4,6,15H,5H2,1-2H3. The molecule has 0 aromatic carbocycles. The molecule has 0 aliphatic rings. The number of aliphatic hydroxyl groups excluding tert-OH is 1. The number of aryl methyl sites for hydroxylation is 2. The Morgan fingerprint density at radius 2 is 2.31 bits per heavy atom. The van der Waals surface area contributed by atoms with Gasteiger partial charge in [-0.1, -0.05) is 0 Å². The second-order valence-electron chi connectivity index (χ2n) is 3.30. The lowest BCUT2D eigenvalue weighted by Gasteiger charge is -2.03. The van der Waals surface area contributed by atoms with Crippen molar-refractivity contribution >= 4 is 11.8 Å². The molecular formula is C10H12N4OS. The highest BCUT2D eigenvalue weighted by molar-refractivity contribution is 7.99. The second-order valence-corrected chi connectivity index (χ2v) is 4.31. The Kier molecular flexibility index (Phi) is 3.21. The summed E-state index contributed by atoms with van der Waals surface area (Å²) in [6.45, 7) is 1.88. The van der Waals surface area contributed by atoms with Crippen molar-refractivity contribution in [2.45, 2.75) is 23.6 Å². The molecule has 2 aromatic rings. The van der Waals surface area contributed by atoms with Crippen molar-refractivity contribution in [2.75, 3.05) is 0 Å². The predicted molar refractivity (Wildman–Crippen MR) is 60.0 cm³/mol. The number of aromatic nitrogens is 4. The van der Waals surface area contributed by atoms with E-state index >= 15 is 0 Å².